The van der Waals surface area contributed by atoms with Crippen LogP contribution in [-0.4, -0.2) is 21.3 Å². The summed E-state index contributed by atoms with van der Waals surface area (Å²) in [6.07, 6.45) is 1.89. The summed E-state index contributed by atoms with van der Waals surface area (Å²) in [5, 5.41) is 7.11. The van der Waals surface area contributed by atoms with E-state index in [4.69, 9.17) is 0 Å². The molecule has 0 radical (unpaired) electrons. The Balaban J connectivity index is 2.26. The molecule has 1 heterocycles. The van der Waals surface area contributed by atoms with Crippen LogP contribution in [0.3, 0.4) is 0 Å². The van der Waals surface area contributed by atoms with Crippen molar-refractivity contribution in [3.05, 3.63) is 47.3 Å². The van der Waals surface area contributed by atoms with E-state index in [0.717, 1.165) is 18.2 Å². The summed E-state index contributed by atoms with van der Waals surface area (Å²) in [5.74, 6) is -1.04. The molecule has 0 saturated carbocycles. The van der Waals surface area contributed by atoms with E-state index in [9.17, 15) is 13.6 Å². The Bertz CT molecular complexity index is 525. The lowest BCUT2D eigenvalue weighted by Gasteiger charge is -2.02. The van der Waals surface area contributed by atoms with Crippen LogP contribution in [0.4, 0.5) is 8.78 Å². The molecule has 0 unspecified atom stereocenters. The van der Waals surface area contributed by atoms with E-state index in [-0.39, 0.29) is 17.8 Å². The van der Waals surface area contributed by atoms with E-state index in [0.29, 0.717) is 6.29 Å². The molecule has 0 atom stereocenters. The summed E-state index contributed by atoms with van der Waals surface area (Å²) in [7, 11) is 0. The summed E-state index contributed by atoms with van der Waals surface area (Å²) in [6.45, 7) is 0.0322. The van der Waals surface area contributed by atoms with Crippen molar-refractivity contribution in [2.45, 2.75) is 6.54 Å². The summed E-state index contributed by atoms with van der Waals surface area (Å²) in [5.41, 5.74) is 0.305. The molecule has 0 N–H and O–H groups in total. The van der Waals surface area contributed by atoms with Gasteiger partial charge in [0.05, 0.1) is 12.7 Å². The Labute approximate surface area is 89.5 Å². The number of carbonyl (C=O) groups is 1. The van der Waals surface area contributed by atoms with Gasteiger partial charge in [-0.05, 0) is 18.2 Å². The Morgan fingerprint density at radius 1 is 1.38 bits per heavy atom. The van der Waals surface area contributed by atoms with Crippen LogP contribution in [0.15, 0.2) is 24.4 Å². The van der Waals surface area contributed by atoms with Crippen LogP contribution in [0.5, 0.6) is 0 Å². The zero-order valence-corrected chi connectivity index (χ0v) is 8.10. The molecule has 0 amide bonds. The minimum atomic E-state index is -0.524. The first-order chi connectivity index (χ1) is 7.69. The van der Waals surface area contributed by atoms with Gasteiger partial charge >= 0.3 is 0 Å². The SMILES string of the molecule is O=Cc1cn(Cc2cc(F)ccc2F)nn1. The topological polar surface area (TPSA) is 47.8 Å². The van der Waals surface area contributed by atoms with E-state index in [1.807, 2.05) is 0 Å². The van der Waals surface area contributed by atoms with Gasteiger partial charge in [-0.15, -0.1) is 5.10 Å². The van der Waals surface area contributed by atoms with Crippen molar-refractivity contribution in [2.75, 3.05) is 0 Å². The molecule has 0 aliphatic carbocycles. The second-order valence-corrected chi connectivity index (χ2v) is 3.19. The lowest BCUT2D eigenvalue weighted by Crippen LogP contribution is -2.03. The normalized spacial score (nSPS) is 10.4. The summed E-state index contributed by atoms with van der Waals surface area (Å²) < 4.78 is 27.4. The summed E-state index contributed by atoms with van der Waals surface area (Å²) >= 11 is 0. The molecule has 82 valence electrons. The van der Waals surface area contributed by atoms with Gasteiger partial charge in [0.1, 0.15) is 17.3 Å². The molecule has 0 aliphatic rings. The monoisotopic (exact) mass is 223 g/mol. The highest BCUT2D eigenvalue weighted by Crippen LogP contribution is 2.10. The molecule has 0 saturated heterocycles. The maximum absolute atomic E-state index is 13.2. The Morgan fingerprint density at radius 2 is 2.19 bits per heavy atom. The maximum atomic E-state index is 13.2. The largest absolute Gasteiger partial charge is 0.296 e. The fourth-order valence-electron chi connectivity index (χ4n) is 1.28. The minimum Gasteiger partial charge on any atom is -0.296 e. The van der Waals surface area contributed by atoms with Crippen molar-refractivity contribution >= 4 is 6.29 Å². The number of hydrogen-bond acceptors (Lipinski definition) is 3. The van der Waals surface area contributed by atoms with E-state index < -0.39 is 11.6 Å². The van der Waals surface area contributed by atoms with E-state index in [1.165, 1.54) is 10.9 Å². The molecule has 2 aromatic rings. The molecule has 0 fully saturated rings. The molecule has 16 heavy (non-hydrogen) atoms. The van der Waals surface area contributed by atoms with Gasteiger partial charge in [-0.2, -0.15) is 0 Å². The fraction of sp³-hybridized carbons (Fsp3) is 0.100. The molecule has 0 spiro atoms. The minimum absolute atomic E-state index is 0.0322. The quantitative estimate of drug-likeness (QED) is 0.739. The summed E-state index contributed by atoms with van der Waals surface area (Å²) in [6, 6.07) is 3.16. The zero-order valence-electron chi connectivity index (χ0n) is 8.10. The van der Waals surface area contributed by atoms with Crippen molar-refractivity contribution in [1.29, 1.82) is 0 Å². The number of benzene rings is 1. The van der Waals surface area contributed by atoms with Crippen LogP contribution < -0.4 is 0 Å². The van der Waals surface area contributed by atoms with Crippen molar-refractivity contribution < 1.29 is 13.6 Å². The highest BCUT2D eigenvalue weighted by Gasteiger charge is 2.06. The molecule has 6 heteroatoms. The van der Waals surface area contributed by atoms with E-state index in [2.05, 4.69) is 10.3 Å². The zero-order chi connectivity index (χ0) is 11.5. The molecular weight excluding hydrogens is 216 g/mol. The molecular formula is C10H7F2N3O. The third-order valence-electron chi connectivity index (χ3n) is 2.02. The number of nitrogens with zero attached hydrogens (tertiary/aromatic N) is 3. The van der Waals surface area contributed by atoms with Gasteiger partial charge in [-0.25, -0.2) is 13.5 Å². The Morgan fingerprint density at radius 3 is 2.88 bits per heavy atom. The lowest BCUT2D eigenvalue weighted by molar-refractivity contribution is 0.111. The number of rotatable bonds is 3. The van der Waals surface area contributed by atoms with Crippen LogP contribution >= 0.6 is 0 Å². The van der Waals surface area contributed by atoms with Gasteiger partial charge in [-0.1, -0.05) is 5.21 Å². The van der Waals surface area contributed by atoms with E-state index in [1.54, 1.807) is 0 Å². The number of hydrogen-bond donors (Lipinski definition) is 0. The number of carbonyl (C=O) groups excluding carboxylic acids is 1. The average Bonchev–Trinajstić information content (AvgIpc) is 2.71. The molecule has 0 bridgehead atoms. The van der Waals surface area contributed by atoms with Crippen LogP contribution in [0, 0.1) is 11.6 Å². The molecule has 0 aliphatic heterocycles. The Kier molecular flexibility index (Phi) is 2.72. The molecule has 2 rings (SSSR count). The molecule has 1 aromatic heterocycles. The third-order valence-corrected chi connectivity index (χ3v) is 2.02. The average molecular weight is 223 g/mol. The maximum Gasteiger partial charge on any atom is 0.171 e. The fourth-order valence-corrected chi connectivity index (χ4v) is 1.28. The van der Waals surface area contributed by atoms with Crippen LogP contribution in [0.1, 0.15) is 16.1 Å². The predicted octanol–water partition coefficient (Wildman–Crippen LogP) is 1.42. The van der Waals surface area contributed by atoms with Crippen molar-refractivity contribution in [3.8, 4) is 0 Å². The van der Waals surface area contributed by atoms with Gasteiger partial charge in [0, 0.05) is 5.56 Å². The predicted molar refractivity (Wildman–Crippen MR) is 50.9 cm³/mol. The second-order valence-electron chi connectivity index (χ2n) is 3.19. The smallest absolute Gasteiger partial charge is 0.171 e. The third kappa shape index (κ3) is 2.10. The first-order valence-corrected chi connectivity index (χ1v) is 4.48. The van der Waals surface area contributed by atoms with Crippen molar-refractivity contribution in [2.24, 2.45) is 0 Å². The lowest BCUT2D eigenvalue weighted by atomic mass is 10.2. The highest BCUT2D eigenvalue weighted by atomic mass is 19.1. The van der Waals surface area contributed by atoms with E-state index >= 15 is 0 Å². The standard InChI is InChI=1S/C10H7F2N3O/c11-8-1-2-10(12)7(3-8)4-15-5-9(6-16)13-14-15/h1-3,5-6H,4H2. The molecule has 1 aromatic carbocycles. The molecule has 4 nitrogen and oxygen atoms in total. The highest BCUT2D eigenvalue weighted by molar-refractivity contribution is 5.70. The van der Waals surface area contributed by atoms with Gasteiger partial charge in [0.25, 0.3) is 0 Å². The second kappa shape index (κ2) is 4.18. The number of halogens is 2. The van der Waals surface area contributed by atoms with Gasteiger partial charge in [-0.3, -0.25) is 4.79 Å². The van der Waals surface area contributed by atoms with Crippen LogP contribution in [-0.2, 0) is 6.54 Å². The van der Waals surface area contributed by atoms with Crippen molar-refractivity contribution in [1.82, 2.24) is 15.0 Å². The number of aromatic nitrogens is 3. The van der Waals surface area contributed by atoms with Crippen LogP contribution in [0.25, 0.3) is 0 Å². The van der Waals surface area contributed by atoms with Gasteiger partial charge < -0.3 is 0 Å². The Hall–Kier alpha value is -2.11. The van der Waals surface area contributed by atoms with Crippen molar-refractivity contribution in [3.63, 3.8) is 0 Å². The summed E-state index contributed by atoms with van der Waals surface area (Å²) in [4.78, 5) is 10.3. The van der Waals surface area contributed by atoms with Gasteiger partial charge in [0.15, 0.2) is 6.29 Å². The first-order valence-electron chi connectivity index (χ1n) is 4.48. The van der Waals surface area contributed by atoms with Gasteiger partial charge in [0.2, 0.25) is 0 Å². The number of aldehydes is 1. The first kappa shape index (κ1) is 10.4. The van der Waals surface area contributed by atoms with Crippen LogP contribution in [0.2, 0.25) is 0 Å².